The lowest BCUT2D eigenvalue weighted by molar-refractivity contribution is -0.0899. The van der Waals surface area contributed by atoms with E-state index in [0.29, 0.717) is 6.61 Å². The molecule has 2 heteroatoms. The third-order valence-corrected chi connectivity index (χ3v) is 1.50. The first-order chi connectivity index (χ1) is 4.93. The fourth-order valence-electron chi connectivity index (χ4n) is 0.948. The van der Waals surface area contributed by atoms with Crippen LogP contribution in [0.3, 0.4) is 0 Å². The van der Waals surface area contributed by atoms with E-state index < -0.39 is 0 Å². The van der Waals surface area contributed by atoms with Gasteiger partial charge in [0.2, 0.25) is 0 Å². The van der Waals surface area contributed by atoms with Crippen molar-refractivity contribution in [2.24, 2.45) is 0 Å². The first-order valence-corrected chi connectivity index (χ1v) is 3.56. The van der Waals surface area contributed by atoms with Crippen molar-refractivity contribution in [1.29, 1.82) is 0 Å². The number of hydrogen-bond acceptors (Lipinski definition) is 2. The summed E-state index contributed by atoms with van der Waals surface area (Å²) >= 11 is 0. The Balaban J connectivity index is 2.09. The number of hydrogen-bond donors (Lipinski definition) is 0. The minimum absolute atomic E-state index is 0.241. The summed E-state index contributed by atoms with van der Waals surface area (Å²) in [7, 11) is 0. The Morgan fingerprint density at radius 1 is 1.50 bits per heavy atom. The van der Waals surface area contributed by atoms with Gasteiger partial charge >= 0.3 is 0 Å². The zero-order valence-electron chi connectivity index (χ0n) is 6.01. The lowest BCUT2D eigenvalue weighted by Gasteiger charge is -2.21. The molecule has 0 aromatic rings. The van der Waals surface area contributed by atoms with Gasteiger partial charge in [0.25, 0.3) is 0 Å². The van der Waals surface area contributed by atoms with E-state index in [0.717, 1.165) is 26.1 Å². The first kappa shape index (κ1) is 7.59. The monoisotopic (exact) mass is 140 g/mol. The zero-order valence-corrected chi connectivity index (χ0v) is 6.01. The molecule has 0 N–H and O–H groups in total. The summed E-state index contributed by atoms with van der Waals surface area (Å²) < 4.78 is 10.5. The molecule has 1 fully saturated rings. The molecule has 0 aromatic heterocycles. The quantitative estimate of drug-likeness (QED) is 0.528. The molecule has 1 atom stereocenters. The molecule has 1 heterocycles. The van der Waals surface area contributed by atoms with Crippen molar-refractivity contribution >= 4 is 0 Å². The molecule has 1 unspecified atom stereocenters. The van der Waals surface area contributed by atoms with E-state index in [4.69, 9.17) is 15.9 Å². The van der Waals surface area contributed by atoms with Crippen molar-refractivity contribution in [3.8, 4) is 12.3 Å². The SMILES string of the molecule is C#CCCC1COCCO1. The Morgan fingerprint density at radius 3 is 3.00 bits per heavy atom. The summed E-state index contributed by atoms with van der Waals surface area (Å²) in [5.74, 6) is 2.58. The van der Waals surface area contributed by atoms with Crippen molar-refractivity contribution < 1.29 is 9.47 Å². The smallest absolute Gasteiger partial charge is 0.0818 e. The van der Waals surface area contributed by atoms with Crippen LogP contribution >= 0.6 is 0 Å². The Kier molecular flexibility index (Phi) is 3.28. The van der Waals surface area contributed by atoms with Crippen LogP contribution in [0.2, 0.25) is 0 Å². The van der Waals surface area contributed by atoms with E-state index in [9.17, 15) is 0 Å². The Labute approximate surface area is 61.5 Å². The number of ether oxygens (including phenoxy) is 2. The highest BCUT2D eigenvalue weighted by atomic mass is 16.6. The standard InChI is InChI=1S/C8H12O2/c1-2-3-4-8-7-9-5-6-10-8/h1,8H,3-7H2. The van der Waals surface area contributed by atoms with Crippen LogP contribution in [0.1, 0.15) is 12.8 Å². The van der Waals surface area contributed by atoms with Crippen molar-refractivity contribution in [2.75, 3.05) is 19.8 Å². The second-order valence-corrected chi connectivity index (χ2v) is 2.31. The lowest BCUT2D eigenvalue weighted by atomic mass is 10.2. The van der Waals surface area contributed by atoms with Gasteiger partial charge in [0.05, 0.1) is 25.9 Å². The van der Waals surface area contributed by atoms with E-state index in [2.05, 4.69) is 5.92 Å². The molecule has 2 nitrogen and oxygen atoms in total. The van der Waals surface area contributed by atoms with E-state index in [1.165, 1.54) is 0 Å². The van der Waals surface area contributed by atoms with Crippen LogP contribution in [0.25, 0.3) is 0 Å². The van der Waals surface area contributed by atoms with Crippen molar-refractivity contribution in [3.05, 3.63) is 0 Å². The summed E-state index contributed by atoms with van der Waals surface area (Å²) in [5.41, 5.74) is 0. The molecule has 0 spiro atoms. The molecule has 0 saturated carbocycles. The van der Waals surface area contributed by atoms with Gasteiger partial charge in [-0.2, -0.15) is 0 Å². The molecule has 1 aliphatic heterocycles. The fraction of sp³-hybridized carbons (Fsp3) is 0.750. The van der Waals surface area contributed by atoms with Gasteiger partial charge in [-0.05, 0) is 6.42 Å². The molecule has 56 valence electrons. The largest absolute Gasteiger partial charge is 0.376 e. The maximum absolute atomic E-state index is 5.36. The van der Waals surface area contributed by atoms with Gasteiger partial charge < -0.3 is 9.47 Å². The van der Waals surface area contributed by atoms with Crippen LogP contribution in [0.5, 0.6) is 0 Å². The van der Waals surface area contributed by atoms with E-state index in [1.807, 2.05) is 0 Å². The number of rotatable bonds is 2. The predicted molar refractivity (Wildman–Crippen MR) is 38.6 cm³/mol. The summed E-state index contributed by atoms with van der Waals surface area (Å²) in [4.78, 5) is 0. The highest BCUT2D eigenvalue weighted by molar-refractivity contribution is 4.84. The van der Waals surface area contributed by atoms with Crippen LogP contribution < -0.4 is 0 Å². The maximum atomic E-state index is 5.36. The van der Waals surface area contributed by atoms with Gasteiger partial charge in [-0.1, -0.05) is 0 Å². The van der Waals surface area contributed by atoms with Gasteiger partial charge in [-0.25, -0.2) is 0 Å². The van der Waals surface area contributed by atoms with Crippen LogP contribution in [0.15, 0.2) is 0 Å². The maximum Gasteiger partial charge on any atom is 0.0818 e. The second-order valence-electron chi connectivity index (χ2n) is 2.31. The normalized spacial score (nSPS) is 25.7. The topological polar surface area (TPSA) is 18.5 Å². The van der Waals surface area contributed by atoms with Crippen LogP contribution in [0, 0.1) is 12.3 Å². The molecule has 0 aliphatic carbocycles. The van der Waals surface area contributed by atoms with Gasteiger partial charge in [-0.3, -0.25) is 0 Å². The van der Waals surface area contributed by atoms with Crippen molar-refractivity contribution in [2.45, 2.75) is 18.9 Å². The molecular weight excluding hydrogens is 128 g/mol. The average molecular weight is 140 g/mol. The average Bonchev–Trinajstić information content (AvgIpc) is 2.03. The molecule has 0 amide bonds. The molecule has 1 saturated heterocycles. The van der Waals surface area contributed by atoms with Crippen LogP contribution in [-0.4, -0.2) is 25.9 Å². The van der Waals surface area contributed by atoms with E-state index in [1.54, 1.807) is 0 Å². The molecule has 1 rings (SSSR count). The minimum atomic E-state index is 0.241. The van der Waals surface area contributed by atoms with Gasteiger partial charge in [0.15, 0.2) is 0 Å². The summed E-state index contributed by atoms with van der Waals surface area (Å²) in [6.45, 7) is 2.16. The van der Waals surface area contributed by atoms with Gasteiger partial charge in [0.1, 0.15) is 0 Å². The van der Waals surface area contributed by atoms with Crippen LogP contribution in [-0.2, 0) is 9.47 Å². The molecule has 0 bridgehead atoms. The first-order valence-electron chi connectivity index (χ1n) is 3.56. The third-order valence-electron chi connectivity index (χ3n) is 1.50. The van der Waals surface area contributed by atoms with Crippen molar-refractivity contribution in [3.63, 3.8) is 0 Å². The lowest BCUT2D eigenvalue weighted by Crippen LogP contribution is -2.28. The molecule has 0 aromatic carbocycles. The highest BCUT2D eigenvalue weighted by Gasteiger charge is 2.12. The Morgan fingerprint density at radius 2 is 2.40 bits per heavy atom. The molecule has 0 radical (unpaired) electrons. The van der Waals surface area contributed by atoms with Crippen molar-refractivity contribution in [1.82, 2.24) is 0 Å². The summed E-state index contributed by atoms with van der Waals surface area (Å²) in [6, 6.07) is 0. The zero-order chi connectivity index (χ0) is 7.23. The van der Waals surface area contributed by atoms with Crippen LogP contribution in [0.4, 0.5) is 0 Å². The van der Waals surface area contributed by atoms with Gasteiger partial charge in [-0.15, -0.1) is 12.3 Å². The molecule has 10 heavy (non-hydrogen) atoms. The van der Waals surface area contributed by atoms with E-state index >= 15 is 0 Å². The number of terminal acetylenes is 1. The Hall–Kier alpha value is -0.520. The Bertz CT molecular complexity index is 120. The molecule has 1 aliphatic rings. The second kappa shape index (κ2) is 4.32. The summed E-state index contributed by atoms with van der Waals surface area (Å²) in [5, 5.41) is 0. The highest BCUT2D eigenvalue weighted by Crippen LogP contribution is 2.06. The summed E-state index contributed by atoms with van der Waals surface area (Å²) in [6.07, 6.45) is 7.05. The fourth-order valence-corrected chi connectivity index (χ4v) is 0.948. The molecular formula is C8H12O2. The van der Waals surface area contributed by atoms with E-state index in [-0.39, 0.29) is 6.10 Å². The minimum Gasteiger partial charge on any atom is -0.376 e. The van der Waals surface area contributed by atoms with Gasteiger partial charge in [0, 0.05) is 6.42 Å². The third kappa shape index (κ3) is 2.38. The predicted octanol–water partition coefficient (Wildman–Crippen LogP) is 0.815.